The number of hydrogen-bond donors (Lipinski definition) is 4. The Morgan fingerprint density at radius 1 is 1.15 bits per heavy atom. The topological polar surface area (TPSA) is 115 Å². The number of unbranched alkanes of at least 4 members (excludes halogenated alkanes) is 2. The molecule has 1 aliphatic rings. The average Bonchev–Trinajstić information content (AvgIpc) is 2.40. The van der Waals surface area contributed by atoms with E-state index in [1.165, 1.54) is 25.2 Å². The molecule has 0 saturated heterocycles. The summed E-state index contributed by atoms with van der Waals surface area (Å²) < 4.78 is 0. The van der Waals surface area contributed by atoms with Gasteiger partial charge in [-0.2, -0.15) is 0 Å². The van der Waals surface area contributed by atoms with E-state index in [2.05, 4.69) is 0 Å². The molecule has 6 heteroatoms. The highest BCUT2D eigenvalue weighted by Gasteiger charge is 2.34. The SMILES string of the molecule is CC1(C(=O)O)C=CC=C(C(=O)O)C1.OCCCCCO. The first kappa shape index (κ1) is 18.3. The van der Waals surface area contributed by atoms with Gasteiger partial charge in [-0.3, -0.25) is 4.79 Å². The van der Waals surface area contributed by atoms with Crippen molar-refractivity contribution in [3.63, 3.8) is 0 Å². The lowest BCUT2D eigenvalue weighted by atomic mass is 9.80. The summed E-state index contributed by atoms with van der Waals surface area (Å²) in [7, 11) is 0. The van der Waals surface area contributed by atoms with E-state index in [0.29, 0.717) is 0 Å². The number of aliphatic carboxylic acids is 2. The van der Waals surface area contributed by atoms with E-state index in [-0.39, 0.29) is 25.2 Å². The summed E-state index contributed by atoms with van der Waals surface area (Å²) in [5.74, 6) is -2.06. The minimum atomic E-state index is -1.08. The van der Waals surface area contributed by atoms with Gasteiger partial charge in [0.25, 0.3) is 0 Å². The Balaban J connectivity index is 0.000000441. The molecule has 6 nitrogen and oxygen atoms in total. The van der Waals surface area contributed by atoms with Crippen molar-refractivity contribution in [1.29, 1.82) is 0 Å². The first-order valence-corrected chi connectivity index (χ1v) is 6.44. The van der Waals surface area contributed by atoms with E-state index in [0.717, 1.165) is 19.3 Å². The van der Waals surface area contributed by atoms with Gasteiger partial charge in [-0.1, -0.05) is 18.2 Å². The second-order valence-corrected chi connectivity index (χ2v) is 4.76. The average molecular weight is 286 g/mol. The van der Waals surface area contributed by atoms with Crippen molar-refractivity contribution < 1.29 is 30.0 Å². The molecule has 1 rings (SSSR count). The van der Waals surface area contributed by atoms with Crippen LogP contribution in [0.3, 0.4) is 0 Å². The molecule has 0 fully saturated rings. The summed E-state index contributed by atoms with van der Waals surface area (Å²) in [6.45, 7) is 2.00. The van der Waals surface area contributed by atoms with Crippen molar-refractivity contribution in [2.75, 3.05) is 13.2 Å². The minimum absolute atomic E-state index is 0.0359. The lowest BCUT2D eigenvalue weighted by Crippen LogP contribution is -2.28. The van der Waals surface area contributed by atoms with E-state index in [4.69, 9.17) is 20.4 Å². The number of aliphatic hydroxyl groups is 2. The Hall–Kier alpha value is -1.66. The summed E-state index contributed by atoms with van der Waals surface area (Å²) in [4.78, 5) is 21.3. The number of carboxylic acid groups (broad SMARTS) is 2. The summed E-state index contributed by atoms with van der Waals surface area (Å²) in [6, 6.07) is 0. The molecule has 0 aromatic rings. The van der Waals surface area contributed by atoms with Gasteiger partial charge in [-0.15, -0.1) is 0 Å². The first-order valence-electron chi connectivity index (χ1n) is 6.44. The second kappa shape index (κ2) is 9.28. The molecule has 0 amide bonds. The quantitative estimate of drug-likeness (QED) is 0.545. The highest BCUT2D eigenvalue weighted by atomic mass is 16.4. The van der Waals surface area contributed by atoms with Crippen molar-refractivity contribution >= 4 is 11.9 Å². The number of aliphatic hydroxyl groups excluding tert-OH is 2. The molecular weight excluding hydrogens is 264 g/mol. The standard InChI is InChI=1S/C9H10O4.C5H12O2/c1-9(8(12)13)4-2-3-6(5-9)7(10)11;6-4-2-1-3-5-7/h2-4H,5H2,1H3,(H,10,11)(H,12,13);6-7H,1-5H2. The third kappa shape index (κ3) is 6.49. The summed E-state index contributed by atoms with van der Waals surface area (Å²) in [6.07, 6.45) is 7.01. The minimum Gasteiger partial charge on any atom is -0.481 e. The van der Waals surface area contributed by atoms with Crippen molar-refractivity contribution in [2.24, 2.45) is 5.41 Å². The monoisotopic (exact) mass is 286 g/mol. The molecule has 0 radical (unpaired) electrons. The maximum atomic E-state index is 10.8. The molecule has 20 heavy (non-hydrogen) atoms. The molecule has 0 spiro atoms. The van der Waals surface area contributed by atoms with Gasteiger partial charge in [0, 0.05) is 18.8 Å². The van der Waals surface area contributed by atoms with Crippen LogP contribution in [-0.4, -0.2) is 45.6 Å². The molecule has 1 unspecified atom stereocenters. The molecule has 1 atom stereocenters. The molecule has 114 valence electrons. The molecule has 0 aromatic heterocycles. The van der Waals surface area contributed by atoms with E-state index in [1.807, 2.05) is 0 Å². The Morgan fingerprint density at radius 3 is 2.10 bits per heavy atom. The zero-order chi connectivity index (χ0) is 15.6. The van der Waals surface area contributed by atoms with Crippen LogP contribution in [0.5, 0.6) is 0 Å². The van der Waals surface area contributed by atoms with Crippen LogP contribution in [0.4, 0.5) is 0 Å². The van der Waals surface area contributed by atoms with Crippen LogP contribution >= 0.6 is 0 Å². The molecule has 0 bridgehead atoms. The van der Waals surface area contributed by atoms with Crippen LogP contribution in [0, 0.1) is 5.41 Å². The number of hydrogen-bond acceptors (Lipinski definition) is 4. The van der Waals surface area contributed by atoms with Crippen LogP contribution < -0.4 is 0 Å². The number of allylic oxidation sites excluding steroid dienone is 2. The Labute approximate surface area is 118 Å². The van der Waals surface area contributed by atoms with Gasteiger partial charge in [0.15, 0.2) is 0 Å². The van der Waals surface area contributed by atoms with Gasteiger partial charge in [-0.05, 0) is 32.6 Å². The van der Waals surface area contributed by atoms with Gasteiger partial charge < -0.3 is 20.4 Å². The highest BCUT2D eigenvalue weighted by molar-refractivity contribution is 5.90. The lowest BCUT2D eigenvalue weighted by Gasteiger charge is -2.23. The van der Waals surface area contributed by atoms with E-state index in [9.17, 15) is 9.59 Å². The maximum Gasteiger partial charge on any atom is 0.331 e. The summed E-state index contributed by atoms with van der Waals surface area (Å²) in [5.41, 5.74) is -0.949. The fourth-order valence-corrected chi connectivity index (χ4v) is 1.58. The predicted molar refractivity (Wildman–Crippen MR) is 73.2 cm³/mol. The predicted octanol–water partition coefficient (Wildman–Crippen LogP) is 1.19. The smallest absolute Gasteiger partial charge is 0.331 e. The van der Waals surface area contributed by atoms with Gasteiger partial charge in [0.1, 0.15) is 0 Å². The van der Waals surface area contributed by atoms with Crippen molar-refractivity contribution in [3.05, 3.63) is 23.8 Å². The molecule has 0 saturated carbocycles. The zero-order valence-electron chi connectivity index (χ0n) is 11.6. The summed E-state index contributed by atoms with van der Waals surface area (Å²) >= 11 is 0. The third-order valence-corrected chi connectivity index (χ3v) is 2.90. The summed E-state index contributed by atoms with van der Waals surface area (Å²) in [5, 5.41) is 33.9. The van der Waals surface area contributed by atoms with Crippen molar-refractivity contribution in [3.8, 4) is 0 Å². The van der Waals surface area contributed by atoms with Crippen molar-refractivity contribution in [1.82, 2.24) is 0 Å². The van der Waals surface area contributed by atoms with Crippen LogP contribution in [0.25, 0.3) is 0 Å². The van der Waals surface area contributed by atoms with Crippen LogP contribution in [0.2, 0.25) is 0 Å². The Kier molecular flexibility index (Phi) is 8.51. The van der Waals surface area contributed by atoms with E-state index >= 15 is 0 Å². The molecule has 0 aromatic carbocycles. The van der Waals surface area contributed by atoms with Crippen LogP contribution in [-0.2, 0) is 9.59 Å². The van der Waals surface area contributed by atoms with Crippen LogP contribution in [0.1, 0.15) is 32.6 Å². The molecular formula is C14H22O6. The fraction of sp³-hybridized carbons (Fsp3) is 0.571. The molecule has 0 aliphatic heterocycles. The van der Waals surface area contributed by atoms with Gasteiger partial charge in [-0.25, -0.2) is 4.79 Å². The number of rotatable bonds is 6. The van der Waals surface area contributed by atoms with Gasteiger partial charge >= 0.3 is 11.9 Å². The number of carboxylic acids is 2. The first-order chi connectivity index (χ1) is 9.37. The van der Waals surface area contributed by atoms with E-state index in [1.54, 1.807) is 0 Å². The fourth-order valence-electron chi connectivity index (χ4n) is 1.58. The Bertz CT molecular complexity index is 381. The molecule has 4 N–H and O–H groups in total. The van der Waals surface area contributed by atoms with Gasteiger partial charge in [0.2, 0.25) is 0 Å². The van der Waals surface area contributed by atoms with Crippen LogP contribution in [0.15, 0.2) is 23.8 Å². The third-order valence-electron chi connectivity index (χ3n) is 2.90. The van der Waals surface area contributed by atoms with Crippen molar-refractivity contribution in [2.45, 2.75) is 32.6 Å². The lowest BCUT2D eigenvalue weighted by molar-refractivity contribution is -0.145. The molecule has 0 heterocycles. The zero-order valence-corrected chi connectivity index (χ0v) is 11.6. The maximum absolute atomic E-state index is 10.8. The largest absolute Gasteiger partial charge is 0.481 e. The van der Waals surface area contributed by atoms with Gasteiger partial charge in [0.05, 0.1) is 5.41 Å². The number of carbonyl (C=O) groups is 2. The molecule has 1 aliphatic carbocycles. The Morgan fingerprint density at radius 2 is 1.70 bits per heavy atom. The highest BCUT2D eigenvalue weighted by Crippen LogP contribution is 2.31. The van der Waals surface area contributed by atoms with E-state index < -0.39 is 17.4 Å². The normalized spacial score (nSPS) is 20.6. The second-order valence-electron chi connectivity index (χ2n) is 4.76.